The van der Waals surface area contributed by atoms with Crippen LogP contribution in [-0.2, 0) is 23.8 Å². The highest BCUT2D eigenvalue weighted by atomic mass is 16.7. The molecule has 0 radical (unpaired) electrons. The van der Waals surface area contributed by atoms with Gasteiger partial charge in [0.25, 0.3) is 0 Å². The summed E-state index contributed by atoms with van der Waals surface area (Å²) in [5, 5.41) is 54.4. The number of ether oxygens (including phenoxy) is 3. The van der Waals surface area contributed by atoms with Crippen molar-refractivity contribution in [2.24, 2.45) is 0 Å². The first kappa shape index (κ1) is 88.6. The highest BCUT2D eigenvalue weighted by molar-refractivity contribution is 5.76. The zero-order valence-corrected chi connectivity index (χ0v) is 61.0. The van der Waals surface area contributed by atoms with Gasteiger partial charge in [0, 0.05) is 12.8 Å². The van der Waals surface area contributed by atoms with Crippen LogP contribution in [0.1, 0.15) is 399 Å². The molecule has 546 valence electrons. The van der Waals surface area contributed by atoms with Crippen LogP contribution in [0.3, 0.4) is 0 Å². The monoisotopic (exact) mass is 1310 g/mol. The van der Waals surface area contributed by atoms with E-state index in [1.807, 2.05) is 6.08 Å². The van der Waals surface area contributed by atoms with E-state index in [0.29, 0.717) is 19.4 Å². The molecule has 0 bridgehead atoms. The first-order chi connectivity index (χ1) is 45.7. The van der Waals surface area contributed by atoms with Gasteiger partial charge in [0.05, 0.1) is 32.0 Å². The molecule has 0 aromatic carbocycles. The van der Waals surface area contributed by atoms with Gasteiger partial charge in [-0.25, -0.2) is 0 Å². The number of amides is 1. The minimum atomic E-state index is -1.57. The third-order valence-electron chi connectivity index (χ3n) is 19.2. The second-order valence-corrected chi connectivity index (χ2v) is 28.1. The lowest BCUT2D eigenvalue weighted by Crippen LogP contribution is -2.60. The Bertz CT molecular complexity index is 1690. The first-order valence-corrected chi connectivity index (χ1v) is 40.4. The summed E-state index contributed by atoms with van der Waals surface area (Å²) in [4.78, 5) is 25.1. The van der Waals surface area contributed by atoms with E-state index in [9.17, 15) is 35.1 Å². The molecule has 6 N–H and O–H groups in total. The SMILES string of the molecule is CCCCCC/C=C\C/C=C\CCCCCCCC(=O)OCCCCCCCCCCCCCCCCCCCC/C=C\CCCCCCCCCCCCCCCCCCCC(=O)NC(COC1OC(CO)C(O)C(O)C1O)C(O)/C=C/CCCCCCCCCC. The van der Waals surface area contributed by atoms with Crippen molar-refractivity contribution in [1.29, 1.82) is 0 Å². The van der Waals surface area contributed by atoms with Crippen LogP contribution in [0.25, 0.3) is 0 Å². The standard InChI is InChI=1S/C82H153NO10/c1-3-5-7-9-11-13-15-16-17-44-47-50-54-58-62-66-70-78(87)91-71-67-63-59-55-51-48-45-42-40-38-36-34-32-30-28-26-24-22-20-18-19-21-23-25-27-29-31-33-35-37-39-41-43-46-49-53-57-61-65-69-77(86)83-74(73-92-82-81(90)80(89)79(88)76(72-84)93-82)75(85)68-64-60-56-52-14-12-10-8-6-4-2/h13,15,17-19,44,64,68,74-76,79-82,84-85,88-90H,3-12,14,16,20-43,45-63,65-67,69-73H2,1-2H3,(H,83,86)/b15-13-,19-18-,44-17-,68-64+. The van der Waals surface area contributed by atoms with Crippen LogP contribution < -0.4 is 5.32 Å². The van der Waals surface area contributed by atoms with Gasteiger partial charge in [-0.05, 0) is 89.9 Å². The van der Waals surface area contributed by atoms with Crippen molar-refractivity contribution in [1.82, 2.24) is 5.32 Å². The van der Waals surface area contributed by atoms with Gasteiger partial charge in [0.1, 0.15) is 24.4 Å². The minimum Gasteiger partial charge on any atom is -0.466 e. The molecular formula is C82H153NO10. The fourth-order valence-corrected chi connectivity index (χ4v) is 12.8. The maximum Gasteiger partial charge on any atom is 0.305 e. The van der Waals surface area contributed by atoms with Crippen molar-refractivity contribution in [3.63, 3.8) is 0 Å². The van der Waals surface area contributed by atoms with Gasteiger partial charge in [0.2, 0.25) is 5.91 Å². The summed E-state index contributed by atoms with van der Waals surface area (Å²) >= 11 is 0. The van der Waals surface area contributed by atoms with Gasteiger partial charge in [-0.15, -0.1) is 0 Å². The summed E-state index contributed by atoms with van der Waals surface area (Å²) < 4.78 is 16.7. The fourth-order valence-electron chi connectivity index (χ4n) is 12.8. The lowest BCUT2D eigenvalue weighted by Gasteiger charge is -2.40. The van der Waals surface area contributed by atoms with Gasteiger partial charge in [-0.2, -0.15) is 0 Å². The second-order valence-electron chi connectivity index (χ2n) is 28.1. The Balaban J connectivity index is 1.85. The van der Waals surface area contributed by atoms with E-state index in [-0.39, 0.29) is 18.5 Å². The number of nitrogens with one attached hydrogen (secondary N) is 1. The molecule has 1 heterocycles. The average Bonchev–Trinajstić information content (AvgIpc) is 0.927. The number of carbonyl (C=O) groups excluding carboxylic acids is 2. The molecule has 0 spiro atoms. The number of aliphatic hydroxyl groups is 5. The van der Waals surface area contributed by atoms with E-state index < -0.39 is 49.5 Å². The number of esters is 1. The van der Waals surface area contributed by atoms with E-state index in [0.717, 1.165) is 64.2 Å². The van der Waals surface area contributed by atoms with Crippen LogP contribution >= 0.6 is 0 Å². The van der Waals surface area contributed by atoms with Crippen molar-refractivity contribution in [2.75, 3.05) is 19.8 Å². The fraction of sp³-hybridized carbons (Fsp3) is 0.878. The molecule has 1 fully saturated rings. The first-order valence-electron chi connectivity index (χ1n) is 40.4. The molecule has 1 aliphatic rings. The maximum atomic E-state index is 13.0. The molecule has 7 unspecified atom stereocenters. The Morgan fingerprint density at radius 1 is 0.398 bits per heavy atom. The quantitative estimate of drug-likeness (QED) is 0.0195. The van der Waals surface area contributed by atoms with E-state index in [1.165, 1.54) is 308 Å². The van der Waals surface area contributed by atoms with Crippen LogP contribution in [-0.4, -0.2) is 100 Å². The normalized spacial score (nSPS) is 17.7. The summed E-state index contributed by atoms with van der Waals surface area (Å²) in [6.07, 6.45) is 84.5. The van der Waals surface area contributed by atoms with Crippen LogP contribution in [0.15, 0.2) is 48.6 Å². The third-order valence-corrected chi connectivity index (χ3v) is 19.2. The lowest BCUT2D eigenvalue weighted by molar-refractivity contribution is -0.302. The molecule has 7 atom stereocenters. The molecule has 11 nitrogen and oxygen atoms in total. The zero-order valence-electron chi connectivity index (χ0n) is 61.0. The maximum absolute atomic E-state index is 13.0. The summed E-state index contributed by atoms with van der Waals surface area (Å²) in [6, 6.07) is -0.806. The van der Waals surface area contributed by atoms with E-state index in [1.54, 1.807) is 6.08 Å². The van der Waals surface area contributed by atoms with Crippen LogP contribution in [0, 0.1) is 0 Å². The van der Waals surface area contributed by atoms with Crippen molar-refractivity contribution < 1.29 is 49.3 Å². The van der Waals surface area contributed by atoms with Gasteiger partial charge in [0.15, 0.2) is 6.29 Å². The number of rotatable bonds is 72. The van der Waals surface area contributed by atoms with Crippen LogP contribution in [0.5, 0.6) is 0 Å². The number of aliphatic hydroxyl groups excluding tert-OH is 5. The Hall–Kier alpha value is -2.38. The summed E-state index contributed by atoms with van der Waals surface area (Å²) in [7, 11) is 0. The Labute approximate surface area is 574 Å². The Kier molecular flexibility index (Phi) is 67.6. The predicted molar refractivity (Wildman–Crippen MR) is 394 cm³/mol. The average molecular weight is 1310 g/mol. The van der Waals surface area contributed by atoms with Crippen molar-refractivity contribution in [3.05, 3.63) is 48.6 Å². The van der Waals surface area contributed by atoms with Crippen LogP contribution in [0.4, 0.5) is 0 Å². The van der Waals surface area contributed by atoms with E-state index in [2.05, 4.69) is 55.6 Å². The van der Waals surface area contributed by atoms with Crippen LogP contribution in [0.2, 0.25) is 0 Å². The summed E-state index contributed by atoms with van der Waals surface area (Å²) in [5.74, 6) is -0.173. The van der Waals surface area contributed by atoms with E-state index >= 15 is 0 Å². The van der Waals surface area contributed by atoms with Crippen molar-refractivity contribution in [3.8, 4) is 0 Å². The van der Waals surface area contributed by atoms with Gasteiger partial charge >= 0.3 is 5.97 Å². The van der Waals surface area contributed by atoms with E-state index in [4.69, 9.17) is 14.2 Å². The number of unbranched alkanes of at least 4 members (excludes halogenated alkanes) is 52. The number of hydrogen-bond donors (Lipinski definition) is 6. The molecule has 1 amide bonds. The van der Waals surface area contributed by atoms with Gasteiger partial charge < -0.3 is 45.1 Å². The number of allylic oxidation sites excluding steroid dienone is 7. The molecule has 0 aromatic rings. The lowest BCUT2D eigenvalue weighted by atomic mass is 9.99. The minimum absolute atomic E-state index is 0.00356. The smallest absolute Gasteiger partial charge is 0.305 e. The summed E-state index contributed by atoms with van der Waals surface area (Å²) in [6.45, 7) is 4.35. The highest BCUT2D eigenvalue weighted by Crippen LogP contribution is 2.24. The molecule has 11 heteroatoms. The Morgan fingerprint density at radius 2 is 0.720 bits per heavy atom. The molecule has 1 rings (SSSR count). The van der Waals surface area contributed by atoms with Gasteiger partial charge in [-0.3, -0.25) is 9.59 Å². The topological polar surface area (TPSA) is 175 Å². The molecule has 0 saturated carbocycles. The van der Waals surface area contributed by atoms with Crippen molar-refractivity contribution >= 4 is 11.9 Å². The number of carbonyl (C=O) groups is 2. The van der Waals surface area contributed by atoms with Crippen molar-refractivity contribution in [2.45, 2.75) is 442 Å². The molecule has 1 aliphatic heterocycles. The third kappa shape index (κ3) is 59.4. The predicted octanol–water partition coefficient (Wildman–Crippen LogP) is 21.9. The molecule has 0 aliphatic carbocycles. The highest BCUT2D eigenvalue weighted by Gasteiger charge is 2.44. The molecule has 93 heavy (non-hydrogen) atoms. The van der Waals surface area contributed by atoms with Gasteiger partial charge in [-0.1, -0.05) is 345 Å². The molecule has 0 aromatic heterocycles. The number of hydrogen-bond acceptors (Lipinski definition) is 10. The molecular weight excluding hydrogens is 1160 g/mol. The zero-order chi connectivity index (χ0) is 67.2. The largest absolute Gasteiger partial charge is 0.466 e. The second kappa shape index (κ2) is 70.9. The Morgan fingerprint density at radius 3 is 1.11 bits per heavy atom. The summed E-state index contributed by atoms with van der Waals surface area (Å²) in [5.41, 5.74) is 0. The molecule has 1 saturated heterocycles.